The van der Waals surface area contributed by atoms with Crippen LogP contribution in [-0.4, -0.2) is 64.1 Å². The van der Waals surface area contributed by atoms with Gasteiger partial charge in [-0.05, 0) is 57.4 Å². The van der Waals surface area contributed by atoms with E-state index in [0.29, 0.717) is 41.8 Å². The Bertz CT molecular complexity index is 1170. The lowest BCUT2D eigenvalue weighted by Gasteiger charge is -2.40. The lowest BCUT2D eigenvalue weighted by molar-refractivity contribution is -0.137. The van der Waals surface area contributed by atoms with E-state index in [1.807, 2.05) is 12.1 Å². The van der Waals surface area contributed by atoms with E-state index in [1.165, 1.54) is 4.90 Å². The van der Waals surface area contributed by atoms with Crippen LogP contribution >= 0.6 is 0 Å². The van der Waals surface area contributed by atoms with Crippen LogP contribution in [0.2, 0.25) is 0 Å². The van der Waals surface area contributed by atoms with Gasteiger partial charge in [0.25, 0.3) is 11.8 Å². The van der Waals surface area contributed by atoms with Crippen molar-refractivity contribution in [2.45, 2.75) is 51.7 Å². The van der Waals surface area contributed by atoms with E-state index in [9.17, 15) is 19.2 Å². The van der Waals surface area contributed by atoms with Crippen LogP contribution in [0.25, 0.3) is 0 Å². The molecule has 1 atom stereocenters. The molecule has 0 radical (unpaired) electrons. The molecule has 3 amide bonds. The van der Waals surface area contributed by atoms with E-state index in [1.54, 1.807) is 56.0 Å². The zero-order valence-corrected chi connectivity index (χ0v) is 20.7. The first-order valence-electron chi connectivity index (χ1n) is 12.0. The number of benzene rings is 2. The highest BCUT2D eigenvalue weighted by Gasteiger charge is 2.42. The SMILES string of the molecule is CC(C)(C)OC(=O)N1CCc2cccc(OCCCC(=O)O)c2C1CN1C(=O)c2ccccc2C1=O. The number of carboxylic acid groups (broad SMARTS) is 1. The number of carbonyl (C=O) groups is 4. The highest BCUT2D eigenvalue weighted by molar-refractivity contribution is 6.21. The lowest BCUT2D eigenvalue weighted by atomic mass is 9.91. The first kappa shape index (κ1) is 25.2. The lowest BCUT2D eigenvalue weighted by Crippen LogP contribution is -2.48. The number of rotatable bonds is 7. The topological polar surface area (TPSA) is 113 Å². The Balaban J connectivity index is 1.69. The van der Waals surface area contributed by atoms with E-state index in [4.69, 9.17) is 14.6 Å². The zero-order chi connectivity index (χ0) is 26.0. The molecule has 0 saturated carbocycles. The summed E-state index contributed by atoms with van der Waals surface area (Å²) in [5.74, 6) is -1.24. The third-order valence-electron chi connectivity index (χ3n) is 6.14. The summed E-state index contributed by atoms with van der Waals surface area (Å²) in [7, 11) is 0. The van der Waals surface area contributed by atoms with Crippen molar-refractivity contribution in [2.24, 2.45) is 0 Å². The summed E-state index contributed by atoms with van der Waals surface area (Å²) in [6.45, 7) is 5.79. The van der Waals surface area contributed by atoms with E-state index in [2.05, 4.69) is 0 Å². The number of carbonyl (C=O) groups excluding carboxylic acids is 3. The van der Waals surface area contributed by atoms with Crippen molar-refractivity contribution in [1.82, 2.24) is 9.80 Å². The van der Waals surface area contributed by atoms with Gasteiger partial charge in [0.2, 0.25) is 0 Å². The van der Waals surface area contributed by atoms with Crippen molar-refractivity contribution in [2.75, 3.05) is 19.7 Å². The van der Waals surface area contributed by atoms with Gasteiger partial charge in [0.05, 0.1) is 30.3 Å². The molecule has 2 heterocycles. The number of carboxylic acids is 1. The highest BCUT2D eigenvalue weighted by atomic mass is 16.6. The minimum Gasteiger partial charge on any atom is -0.493 e. The summed E-state index contributed by atoms with van der Waals surface area (Å²) in [5, 5.41) is 8.93. The van der Waals surface area contributed by atoms with Gasteiger partial charge in [-0.3, -0.25) is 24.2 Å². The summed E-state index contributed by atoms with van der Waals surface area (Å²) < 4.78 is 11.6. The predicted molar refractivity (Wildman–Crippen MR) is 130 cm³/mol. The number of nitrogens with zero attached hydrogens (tertiary/aromatic N) is 2. The van der Waals surface area contributed by atoms with Crippen LogP contribution < -0.4 is 4.74 Å². The number of fused-ring (bicyclic) bond motifs is 2. The number of imide groups is 1. The molecular weight excluding hydrogens is 464 g/mol. The molecule has 2 aromatic rings. The van der Waals surface area contributed by atoms with Crippen LogP contribution in [0, 0.1) is 0 Å². The molecule has 1 N–H and O–H groups in total. The fourth-order valence-corrected chi connectivity index (χ4v) is 4.58. The van der Waals surface area contributed by atoms with Gasteiger partial charge in [-0.1, -0.05) is 24.3 Å². The zero-order valence-electron chi connectivity index (χ0n) is 20.7. The van der Waals surface area contributed by atoms with Gasteiger partial charge in [0.1, 0.15) is 11.4 Å². The minimum atomic E-state index is -0.909. The Morgan fingerprint density at radius 3 is 2.31 bits per heavy atom. The van der Waals surface area contributed by atoms with Gasteiger partial charge < -0.3 is 14.6 Å². The van der Waals surface area contributed by atoms with Gasteiger partial charge in [-0.25, -0.2) is 4.79 Å². The minimum absolute atomic E-state index is 0.0302. The average molecular weight is 495 g/mol. The maximum Gasteiger partial charge on any atom is 0.410 e. The van der Waals surface area contributed by atoms with E-state index < -0.39 is 35.5 Å². The first-order chi connectivity index (χ1) is 17.1. The largest absolute Gasteiger partial charge is 0.493 e. The summed E-state index contributed by atoms with van der Waals surface area (Å²) in [6.07, 6.45) is 0.282. The van der Waals surface area contributed by atoms with Gasteiger partial charge in [-0.2, -0.15) is 0 Å². The average Bonchev–Trinajstić information content (AvgIpc) is 3.05. The Hall–Kier alpha value is -3.88. The van der Waals surface area contributed by atoms with Crippen LogP contribution in [0.15, 0.2) is 42.5 Å². The molecule has 36 heavy (non-hydrogen) atoms. The van der Waals surface area contributed by atoms with Crippen LogP contribution in [0.4, 0.5) is 4.79 Å². The van der Waals surface area contributed by atoms with Crippen molar-refractivity contribution >= 4 is 23.9 Å². The molecule has 1 unspecified atom stereocenters. The smallest absolute Gasteiger partial charge is 0.410 e. The highest BCUT2D eigenvalue weighted by Crippen LogP contribution is 2.39. The number of amides is 3. The van der Waals surface area contributed by atoms with Gasteiger partial charge in [0, 0.05) is 18.5 Å². The fraction of sp³-hybridized carbons (Fsp3) is 0.407. The van der Waals surface area contributed by atoms with Crippen LogP contribution in [0.1, 0.15) is 71.5 Å². The summed E-state index contributed by atoms with van der Waals surface area (Å²) in [6, 6.07) is 11.5. The maximum absolute atomic E-state index is 13.2. The Morgan fingerprint density at radius 2 is 1.69 bits per heavy atom. The quantitative estimate of drug-likeness (QED) is 0.456. The molecule has 0 spiro atoms. The molecule has 0 aliphatic carbocycles. The molecule has 4 rings (SSSR count). The number of ether oxygens (including phenoxy) is 2. The normalized spacial score (nSPS) is 17.0. The van der Waals surface area contributed by atoms with Gasteiger partial charge in [-0.15, -0.1) is 0 Å². The maximum atomic E-state index is 13.2. The van der Waals surface area contributed by atoms with E-state index >= 15 is 0 Å². The Morgan fingerprint density at radius 1 is 1.03 bits per heavy atom. The van der Waals surface area contributed by atoms with Gasteiger partial charge >= 0.3 is 12.1 Å². The van der Waals surface area contributed by atoms with Crippen LogP contribution in [0.5, 0.6) is 5.75 Å². The van der Waals surface area contributed by atoms with Crippen LogP contribution in [-0.2, 0) is 16.0 Å². The van der Waals surface area contributed by atoms with Gasteiger partial charge in [0.15, 0.2) is 0 Å². The molecule has 9 nitrogen and oxygen atoms in total. The third-order valence-corrected chi connectivity index (χ3v) is 6.14. The van der Waals surface area contributed by atoms with Crippen molar-refractivity contribution in [1.29, 1.82) is 0 Å². The molecule has 2 aliphatic rings. The first-order valence-corrected chi connectivity index (χ1v) is 12.0. The van der Waals surface area contributed by atoms with Crippen molar-refractivity contribution in [3.8, 4) is 5.75 Å². The molecule has 2 aliphatic heterocycles. The Kier molecular flexibility index (Phi) is 7.01. The summed E-state index contributed by atoms with van der Waals surface area (Å²) in [4.78, 5) is 53.1. The molecule has 0 bridgehead atoms. The van der Waals surface area contributed by atoms with Crippen molar-refractivity contribution in [3.05, 3.63) is 64.7 Å². The second kappa shape index (κ2) is 10.0. The van der Waals surface area contributed by atoms with E-state index in [0.717, 1.165) is 5.56 Å². The second-order valence-corrected chi connectivity index (χ2v) is 9.88. The second-order valence-electron chi connectivity index (χ2n) is 9.88. The monoisotopic (exact) mass is 494 g/mol. The van der Waals surface area contributed by atoms with Crippen LogP contribution in [0.3, 0.4) is 0 Å². The number of aliphatic carboxylic acids is 1. The number of hydrogen-bond donors (Lipinski definition) is 1. The molecule has 190 valence electrons. The fourth-order valence-electron chi connectivity index (χ4n) is 4.58. The summed E-state index contributed by atoms with van der Waals surface area (Å²) >= 11 is 0. The molecule has 9 heteroatoms. The van der Waals surface area contributed by atoms with E-state index in [-0.39, 0.29) is 19.6 Å². The number of hydrogen-bond acceptors (Lipinski definition) is 6. The molecule has 0 aromatic heterocycles. The molecule has 0 fully saturated rings. The third kappa shape index (κ3) is 5.19. The summed E-state index contributed by atoms with van der Waals surface area (Å²) in [5.41, 5.74) is 1.57. The van der Waals surface area contributed by atoms with Crippen molar-refractivity contribution in [3.63, 3.8) is 0 Å². The predicted octanol–water partition coefficient (Wildman–Crippen LogP) is 4.06. The Labute approximate surface area is 209 Å². The molecular formula is C27H30N2O7. The standard InChI is InChI=1S/C27H30N2O7/c1-27(2,3)36-26(34)28-14-13-17-8-6-11-21(35-15-7-12-22(30)31)23(17)20(28)16-29-24(32)18-9-4-5-10-19(18)25(29)33/h4-6,8-11,20H,7,12-16H2,1-3H3,(H,30,31). The molecule has 2 aromatic carbocycles. The molecule has 0 saturated heterocycles. The van der Waals surface area contributed by atoms with Crippen molar-refractivity contribution < 1.29 is 33.8 Å².